The Bertz CT molecular complexity index is 197. The summed E-state index contributed by atoms with van der Waals surface area (Å²) in [4.78, 5) is 4.25. The number of hydrogen-bond donors (Lipinski definition) is 2. The van der Waals surface area contributed by atoms with Gasteiger partial charge in [0.15, 0.2) is 0 Å². The molecule has 0 bridgehead atoms. The molecule has 0 saturated heterocycles. The summed E-state index contributed by atoms with van der Waals surface area (Å²) < 4.78 is 0. The van der Waals surface area contributed by atoms with Gasteiger partial charge in [0, 0.05) is 12.5 Å². The molecule has 0 rings (SSSR count). The molecule has 0 fully saturated rings. The monoisotopic (exact) mass is 185 g/mol. The van der Waals surface area contributed by atoms with Gasteiger partial charge >= 0.3 is 0 Å². The average molecular weight is 185 g/mol. The molecule has 0 heterocycles. The highest BCUT2D eigenvalue weighted by atomic mass is 16.4. The maximum Gasteiger partial charge on any atom is 0.103 e. The smallest absolute Gasteiger partial charge is 0.103 e. The molecule has 4 heteroatoms. The molecule has 0 amide bonds. The third-order valence-electron chi connectivity index (χ3n) is 1.74. The predicted octanol–water partition coefficient (Wildman–Crippen LogP) is 1.28. The molecule has 0 aliphatic rings. The number of oxime groups is 1. The molecule has 0 aromatic rings. The molecule has 0 atom stereocenters. The van der Waals surface area contributed by atoms with Gasteiger partial charge in [-0.1, -0.05) is 19.0 Å². The van der Waals surface area contributed by atoms with E-state index in [0.29, 0.717) is 18.8 Å². The van der Waals surface area contributed by atoms with E-state index in [0.717, 1.165) is 12.1 Å². The lowest BCUT2D eigenvalue weighted by atomic mass is 10.0. The van der Waals surface area contributed by atoms with E-state index in [1.165, 1.54) is 0 Å². The first-order chi connectivity index (χ1) is 6.13. The van der Waals surface area contributed by atoms with Gasteiger partial charge in [0.2, 0.25) is 0 Å². The van der Waals surface area contributed by atoms with Gasteiger partial charge in [-0.05, 0) is 19.9 Å². The van der Waals surface area contributed by atoms with Crippen molar-refractivity contribution in [3.05, 3.63) is 0 Å². The highest BCUT2D eigenvalue weighted by Crippen LogP contribution is 1.99. The highest BCUT2D eigenvalue weighted by Gasteiger charge is 2.08. The molecular formula is C9H19N3O. The van der Waals surface area contributed by atoms with E-state index in [1.54, 1.807) is 0 Å². The molecule has 13 heavy (non-hydrogen) atoms. The molecule has 0 aliphatic carbocycles. The summed E-state index contributed by atoms with van der Waals surface area (Å²) in [6.45, 7) is 7.14. The number of nitrogens with zero attached hydrogens (tertiary/aromatic N) is 2. The number of nitrogens with two attached hydrogens (primary N) is 1. The highest BCUT2D eigenvalue weighted by molar-refractivity contribution is 6.41. The second-order valence-corrected chi connectivity index (χ2v) is 3.25. The fraction of sp³-hybridized carbons (Fsp3) is 0.778. The zero-order chi connectivity index (χ0) is 10.3. The van der Waals surface area contributed by atoms with Crippen LogP contribution in [0.15, 0.2) is 10.1 Å². The van der Waals surface area contributed by atoms with E-state index in [2.05, 4.69) is 10.1 Å². The quantitative estimate of drug-likeness (QED) is 0.293. The second kappa shape index (κ2) is 6.60. The van der Waals surface area contributed by atoms with E-state index >= 15 is 0 Å². The average Bonchev–Trinajstić information content (AvgIpc) is 2.05. The molecule has 0 spiro atoms. The Labute approximate surface area is 79.5 Å². The van der Waals surface area contributed by atoms with Crippen LogP contribution in [0.5, 0.6) is 0 Å². The largest absolute Gasteiger partial charge is 0.411 e. The van der Waals surface area contributed by atoms with E-state index in [1.807, 2.05) is 20.8 Å². The van der Waals surface area contributed by atoms with E-state index in [4.69, 9.17) is 10.9 Å². The van der Waals surface area contributed by atoms with Crippen LogP contribution in [-0.4, -0.2) is 29.7 Å². The molecule has 4 nitrogen and oxygen atoms in total. The maximum atomic E-state index is 8.71. The van der Waals surface area contributed by atoms with Crippen molar-refractivity contribution < 1.29 is 5.21 Å². The van der Waals surface area contributed by atoms with E-state index in [9.17, 15) is 0 Å². The van der Waals surface area contributed by atoms with Gasteiger partial charge in [-0.2, -0.15) is 0 Å². The van der Waals surface area contributed by atoms with Crippen LogP contribution in [0.4, 0.5) is 0 Å². The minimum absolute atomic E-state index is 0.201. The van der Waals surface area contributed by atoms with Crippen LogP contribution in [0.3, 0.4) is 0 Å². The Morgan fingerprint density at radius 2 is 2.08 bits per heavy atom. The number of hydrogen-bond acceptors (Lipinski definition) is 4. The predicted molar refractivity (Wildman–Crippen MR) is 55.7 cm³/mol. The maximum absolute atomic E-state index is 8.71. The summed E-state index contributed by atoms with van der Waals surface area (Å²) in [5, 5.41) is 11.9. The lowest BCUT2D eigenvalue weighted by Gasteiger charge is -2.06. The van der Waals surface area contributed by atoms with Crippen molar-refractivity contribution in [3.8, 4) is 0 Å². The number of aliphatic imine (C=N–C) groups is 1. The van der Waals surface area contributed by atoms with Crippen molar-refractivity contribution in [2.24, 2.45) is 21.8 Å². The van der Waals surface area contributed by atoms with Crippen LogP contribution in [0, 0.1) is 5.92 Å². The fourth-order valence-electron chi connectivity index (χ4n) is 1.02. The first-order valence-corrected chi connectivity index (χ1v) is 4.57. The number of rotatable bonds is 5. The summed E-state index contributed by atoms with van der Waals surface area (Å²) >= 11 is 0. The Balaban J connectivity index is 4.21. The van der Waals surface area contributed by atoms with Crippen LogP contribution in [0.2, 0.25) is 0 Å². The fourth-order valence-corrected chi connectivity index (χ4v) is 1.02. The molecule has 0 aliphatic heterocycles. The van der Waals surface area contributed by atoms with Crippen LogP contribution in [-0.2, 0) is 0 Å². The van der Waals surface area contributed by atoms with Crippen LogP contribution < -0.4 is 5.73 Å². The summed E-state index contributed by atoms with van der Waals surface area (Å²) in [5.41, 5.74) is 6.78. The third-order valence-corrected chi connectivity index (χ3v) is 1.74. The summed E-state index contributed by atoms with van der Waals surface area (Å²) in [6.07, 6.45) is 0.869. The normalized spacial score (nSPS) is 13.9. The van der Waals surface area contributed by atoms with Crippen molar-refractivity contribution in [3.63, 3.8) is 0 Å². The molecule has 0 saturated carbocycles. The summed E-state index contributed by atoms with van der Waals surface area (Å²) in [7, 11) is 0. The molecule has 0 unspecified atom stereocenters. The van der Waals surface area contributed by atoms with E-state index in [-0.39, 0.29) is 5.92 Å². The minimum atomic E-state index is 0.201. The van der Waals surface area contributed by atoms with Crippen LogP contribution >= 0.6 is 0 Å². The topological polar surface area (TPSA) is 71.0 Å². The minimum Gasteiger partial charge on any atom is -0.411 e. The van der Waals surface area contributed by atoms with Crippen LogP contribution in [0.25, 0.3) is 0 Å². The molecule has 0 radical (unpaired) electrons. The summed E-state index contributed by atoms with van der Waals surface area (Å²) in [6, 6.07) is 0. The van der Waals surface area contributed by atoms with Crippen molar-refractivity contribution in [2.45, 2.75) is 27.2 Å². The Kier molecular flexibility index (Phi) is 6.14. The van der Waals surface area contributed by atoms with Gasteiger partial charge < -0.3 is 10.9 Å². The van der Waals surface area contributed by atoms with Crippen molar-refractivity contribution in [2.75, 3.05) is 13.1 Å². The molecule has 0 aromatic heterocycles. The van der Waals surface area contributed by atoms with Crippen molar-refractivity contribution in [1.29, 1.82) is 0 Å². The Morgan fingerprint density at radius 1 is 1.46 bits per heavy atom. The third kappa shape index (κ3) is 4.62. The van der Waals surface area contributed by atoms with Crippen LogP contribution in [0.1, 0.15) is 27.2 Å². The Hall–Kier alpha value is -0.900. The zero-order valence-corrected chi connectivity index (χ0v) is 8.62. The van der Waals surface area contributed by atoms with Gasteiger partial charge in [-0.15, -0.1) is 0 Å². The lowest BCUT2D eigenvalue weighted by molar-refractivity contribution is 0.317. The zero-order valence-electron chi connectivity index (χ0n) is 8.62. The molecule has 0 aromatic carbocycles. The van der Waals surface area contributed by atoms with Gasteiger partial charge in [-0.3, -0.25) is 4.99 Å². The second-order valence-electron chi connectivity index (χ2n) is 3.25. The van der Waals surface area contributed by atoms with Crippen molar-refractivity contribution >= 4 is 11.4 Å². The van der Waals surface area contributed by atoms with Gasteiger partial charge in [-0.25, -0.2) is 0 Å². The summed E-state index contributed by atoms with van der Waals surface area (Å²) in [5.74, 6) is 0.201. The first-order valence-electron chi connectivity index (χ1n) is 4.57. The van der Waals surface area contributed by atoms with Crippen molar-refractivity contribution in [1.82, 2.24) is 0 Å². The molecule has 3 N–H and O–H groups in total. The van der Waals surface area contributed by atoms with Gasteiger partial charge in [0.1, 0.15) is 5.71 Å². The Morgan fingerprint density at radius 3 is 2.46 bits per heavy atom. The molecule has 76 valence electrons. The van der Waals surface area contributed by atoms with Gasteiger partial charge in [0.25, 0.3) is 0 Å². The standard InChI is InChI=1S/C9H19N3O/c1-7(2)9(12-13)8(3)11-6-4-5-10/h7,13H,4-6,10H2,1-3H3/b11-8?,12-9+. The van der Waals surface area contributed by atoms with Gasteiger partial charge in [0.05, 0.1) is 5.71 Å². The van der Waals surface area contributed by atoms with E-state index < -0.39 is 0 Å². The molecular weight excluding hydrogens is 166 g/mol. The SMILES string of the molecule is CC(=NCCCN)/C(=N/O)C(C)C. The lowest BCUT2D eigenvalue weighted by Crippen LogP contribution is -2.18. The first kappa shape index (κ1) is 12.1.